The number of carboxylic acid groups (broad SMARTS) is 1. The fourth-order valence-electron chi connectivity index (χ4n) is 2.82. The highest BCUT2D eigenvalue weighted by Crippen LogP contribution is 2.36. The van der Waals surface area contributed by atoms with Crippen LogP contribution in [0.5, 0.6) is 0 Å². The summed E-state index contributed by atoms with van der Waals surface area (Å²) < 4.78 is 14.9. The van der Waals surface area contributed by atoms with Crippen LogP contribution in [0.15, 0.2) is 53.7 Å². The summed E-state index contributed by atoms with van der Waals surface area (Å²) in [5.41, 5.74) is 7.89. The lowest BCUT2D eigenvalue weighted by molar-refractivity contribution is -0.137. The number of hydrogen-bond donors (Lipinski definition) is 2. The van der Waals surface area contributed by atoms with Gasteiger partial charge >= 0.3 is 5.97 Å². The van der Waals surface area contributed by atoms with Crippen LogP contribution in [0.4, 0.5) is 4.39 Å². The van der Waals surface area contributed by atoms with Gasteiger partial charge in [0, 0.05) is 12.1 Å². The highest BCUT2D eigenvalue weighted by Gasteiger charge is 2.24. The van der Waals surface area contributed by atoms with E-state index in [-0.39, 0.29) is 13.0 Å². The Bertz CT molecular complexity index is 1040. The molecular weight excluding hydrogens is 395 g/mol. The van der Waals surface area contributed by atoms with Crippen molar-refractivity contribution in [2.75, 3.05) is 0 Å². The summed E-state index contributed by atoms with van der Waals surface area (Å²) >= 11 is 1.05. The molecule has 9 heteroatoms. The molecule has 1 amide bonds. The van der Waals surface area contributed by atoms with Crippen molar-refractivity contribution in [3.8, 4) is 11.4 Å². The van der Waals surface area contributed by atoms with Crippen molar-refractivity contribution in [3.05, 3.63) is 65.5 Å². The lowest BCUT2D eigenvalue weighted by Gasteiger charge is -2.15. The van der Waals surface area contributed by atoms with Gasteiger partial charge in [0.1, 0.15) is 11.1 Å². The third-order valence-corrected chi connectivity index (χ3v) is 5.45. The molecule has 0 bridgehead atoms. The second kappa shape index (κ2) is 8.87. The minimum atomic E-state index is -0.963. The van der Waals surface area contributed by atoms with E-state index in [1.807, 2.05) is 31.2 Å². The Morgan fingerprint density at radius 2 is 1.93 bits per heavy atom. The Kier molecular flexibility index (Phi) is 6.28. The number of halogens is 1. The van der Waals surface area contributed by atoms with Crippen molar-refractivity contribution in [2.24, 2.45) is 5.73 Å². The van der Waals surface area contributed by atoms with E-state index in [4.69, 9.17) is 10.8 Å². The number of carboxylic acids is 1. The largest absolute Gasteiger partial charge is 0.481 e. The molecule has 0 spiro atoms. The maximum atomic E-state index is 13.2. The van der Waals surface area contributed by atoms with E-state index >= 15 is 0 Å². The zero-order chi connectivity index (χ0) is 21.0. The third kappa shape index (κ3) is 5.00. The number of thioether (sulfide) groups is 1. The van der Waals surface area contributed by atoms with Crippen molar-refractivity contribution in [1.82, 2.24) is 14.8 Å². The van der Waals surface area contributed by atoms with E-state index < -0.39 is 22.9 Å². The molecule has 2 aromatic carbocycles. The van der Waals surface area contributed by atoms with Crippen LogP contribution in [0.25, 0.3) is 11.4 Å². The van der Waals surface area contributed by atoms with Crippen molar-refractivity contribution >= 4 is 23.6 Å². The van der Waals surface area contributed by atoms with E-state index in [1.165, 1.54) is 24.3 Å². The van der Waals surface area contributed by atoms with Gasteiger partial charge < -0.3 is 15.4 Å². The van der Waals surface area contributed by atoms with Gasteiger partial charge in [0.15, 0.2) is 11.0 Å². The average molecular weight is 414 g/mol. The molecule has 1 heterocycles. The standard InChI is InChI=1S/C20H19FN4O3S/c1-12-3-2-4-14(11-12)19-23-24-20(25(19)10-9-16(26)27)29-17(18(22)28)13-5-7-15(21)8-6-13/h2-8,11,17H,9-10H2,1H3,(H2,22,28)(H,26,27). The number of primary amides is 1. The maximum absolute atomic E-state index is 13.2. The van der Waals surface area contributed by atoms with E-state index in [0.717, 1.165) is 22.9 Å². The Balaban J connectivity index is 1.99. The average Bonchev–Trinajstić information content (AvgIpc) is 3.07. The molecule has 0 aliphatic rings. The molecule has 0 fully saturated rings. The number of nitrogens with two attached hydrogens (primary N) is 1. The highest BCUT2D eigenvalue weighted by atomic mass is 32.2. The summed E-state index contributed by atoms with van der Waals surface area (Å²) in [7, 11) is 0. The number of rotatable bonds is 8. The van der Waals surface area contributed by atoms with Crippen LogP contribution in [0, 0.1) is 12.7 Å². The number of nitrogens with zero attached hydrogens (tertiary/aromatic N) is 3. The Labute approximate surface area is 170 Å². The molecule has 1 atom stereocenters. The van der Waals surface area contributed by atoms with Gasteiger partial charge in [-0.1, -0.05) is 47.7 Å². The number of amides is 1. The summed E-state index contributed by atoms with van der Waals surface area (Å²) in [5, 5.41) is 17.0. The zero-order valence-electron chi connectivity index (χ0n) is 15.6. The first kappa shape index (κ1) is 20.5. The van der Waals surface area contributed by atoms with Crippen LogP contribution in [0.3, 0.4) is 0 Å². The van der Waals surface area contributed by atoms with Gasteiger partial charge in [-0.05, 0) is 30.7 Å². The number of aromatic nitrogens is 3. The van der Waals surface area contributed by atoms with Crippen LogP contribution in [-0.4, -0.2) is 31.7 Å². The molecule has 29 heavy (non-hydrogen) atoms. The first-order chi connectivity index (χ1) is 13.8. The fourth-order valence-corrected chi connectivity index (χ4v) is 3.83. The van der Waals surface area contributed by atoms with E-state index in [2.05, 4.69) is 10.2 Å². The number of carbonyl (C=O) groups excluding carboxylic acids is 1. The van der Waals surface area contributed by atoms with Crippen molar-refractivity contribution in [3.63, 3.8) is 0 Å². The molecule has 0 saturated heterocycles. The van der Waals surface area contributed by atoms with Crippen molar-refractivity contribution in [1.29, 1.82) is 0 Å². The van der Waals surface area contributed by atoms with Crippen LogP contribution >= 0.6 is 11.8 Å². The molecule has 3 rings (SSSR count). The summed E-state index contributed by atoms with van der Waals surface area (Å²) in [6.07, 6.45) is -0.137. The number of aliphatic carboxylic acids is 1. The summed E-state index contributed by atoms with van der Waals surface area (Å²) in [4.78, 5) is 23.2. The lowest BCUT2D eigenvalue weighted by atomic mass is 10.1. The Morgan fingerprint density at radius 3 is 2.55 bits per heavy atom. The smallest absolute Gasteiger partial charge is 0.305 e. The van der Waals surface area contributed by atoms with Gasteiger partial charge in [-0.15, -0.1) is 10.2 Å². The third-order valence-electron chi connectivity index (χ3n) is 4.20. The Morgan fingerprint density at radius 1 is 1.21 bits per heavy atom. The van der Waals surface area contributed by atoms with E-state index in [0.29, 0.717) is 16.5 Å². The van der Waals surface area contributed by atoms with E-state index in [9.17, 15) is 14.0 Å². The van der Waals surface area contributed by atoms with Crippen LogP contribution in [-0.2, 0) is 16.1 Å². The van der Waals surface area contributed by atoms with Crippen molar-refractivity contribution in [2.45, 2.75) is 30.3 Å². The quantitative estimate of drug-likeness (QED) is 0.548. The van der Waals surface area contributed by atoms with E-state index in [1.54, 1.807) is 4.57 Å². The second-order valence-corrected chi connectivity index (χ2v) is 7.50. The van der Waals surface area contributed by atoms with Crippen LogP contribution < -0.4 is 5.73 Å². The molecule has 1 unspecified atom stereocenters. The molecule has 0 aliphatic heterocycles. The molecular formula is C20H19FN4O3S. The molecule has 0 saturated carbocycles. The number of carbonyl (C=O) groups is 2. The lowest BCUT2D eigenvalue weighted by Crippen LogP contribution is -2.19. The molecule has 0 aliphatic carbocycles. The molecule has 0 radical (unpaired) electrons. The number of hydrogen-bond acceptors (Lipinski definition) is 5. The SMILES string of the molecule is Cc1cccc(-c2nnc(SC(C(N)=O)c3ccc(F)cc3)n2CCC(=O)O)c1. The molecule has 7 nitrogen and oxygen atoms in total. The predicted molar refractivity (Wildman–Crippen MR) is 107 cm³/mol. The zero-order valence-corrected chi connectivity index (χ0v) is 16.4. The molecule has 3 aromatic rings. The molecule has 150 valence electrons. The van der Waals surface area contributed by atoms with Gasteiger partial charge in [-0.25, -0.2) is 4.39 Å². The molecule has 3 N–H and O–H groups in total. The predicted octanol–water partition coefficient (Wildman–Crippen LogP) is 3.19. The second-order valence-electron chi connectivity index (χ2n) is 6.42. The topological polar surface area (TPSA) is 111 Å². The number of benzene rings is 2. The van der Waals surface area contributed by atoms with Crippen LogP contribution in [0.2, 0.25) is 0 Å². The first-order valence-electron chi connectivity index (χ1n) is 8.78. The van der Waals surface area contributed by atoms with Gasteiger partial charge in [0.05, 0.1) is 6.42 Å². The Hall–Kier alpha value is -3.20. The minimum Gasteiger partial charge on any atom is -0.481 e. The van der Waals surface area contributed by atoms with Gasteiger partial charge in [0.25, 0.3) is 0 Å². The summed E-state index contributed by atoms with van der Waals surface area (Å²) in [6, 6.07) is 13.1. The van der Waals surface area contributed by atoms with Gasteiger partial charge in [0.2, 0.25) is 5.91 Å². The van der Waals surface area contributed by atoms with Crippen LogP contribution in [0.1, 0.15) is 22.8 Å². The summed E-state index contributed by atoms with van der Waals surface area (Å²) in [5.74, 6) is -1.51. The maximum Gasteiger partial charge on any atom is 0.305 e. The van der Waals surface area contributed by atoms with Gasteiger partial charge in [-0.3, -0.25) is 9.59 Å². The number of aryl methyl sites for hydroxylation is 1. The normalized spacial score (nSPS) is 11.9. The van der Waals surface area contributed by atoms with Gasteiger partial charge in [-0.2, -0.15) is 0 Å². The van der Waals surface area contributed by atoms with Crippen molar-refractivity contribution < 1.29 is 19.1 Å². The minimum absolute atomic E-state index is 0.128. The summed E-state index contributed by atoms with van der Waals surface area (Å²) in [6.45, 7) is 2.07. The monoisotopic (exact) mass is 414 g/mol. The fraction of sp³-hybridized carbons (Fsp3) is 0.200. The molecule has 1 aromatic heterocycles. The first-order valence-corrected chi connectivity index (χ1v) is 9.66. The highest BCUT2D eigenvalue weighted by molar-refractivity contribution is 8.00.